The van der Waals surface area contributed by atoms with Crippen molar-refractivity contribution < 1.29 is 0 Å². The molecule has 0 bridgehead atoms. The predicted octanol–water partition coefficient (Wildman–Crippen LogP) is 3.26. The Labute approximate surface area is 123 Å². The van der Waals surface area contributed by atoms with Crippen LogP contribution < -0.4 is 5.32 Å². The van der Waals surface area contributed by atoms with E-state index in [2.05, 4.69) is 27.6 Å². The molecule has 1 atom stereocenters. The van der Waals surface area contributed by atoms with Gasteiger partial charge in [-0.25, -0.2) is 4.98 Å². The molecule has 2 aromatic heterocycles. The number of aryl methyl sites for hydroxylation is 1. The molecular weight excluding hydrogens is 278 g/mol. The topological polar surface area (TPSA) is 37.8 Å². The molecular formula is C14H18ClN3S. The zero-order chi connectivity index (χ0) is 13.7. The van der Waals surface area contributed by atoms with Crippen LogP contribution in [0.15, 0.2) is 23.8 Å². The van der Waals surface area contributed by atoms with E-state index in [4.69, 9.17) is 11.6 Å². The summed E-state index contributed by atoms with van der Waals surface area (Å²) in [5, 5.41) is 7.51. The van der Waals surface area contributed by atoms with Gasteiger partial charge in [-0.2, -0.15) is 0 Å². The summed E-state index contributed by atoms with van der Waals surface area (Å²) >= 11 is 7.89. The number of halogens is 1. The number of likely N-dealkylation sites (N-methyl/N-ethyl adjacent to an activating group) is 1. The van der Waals surface area contributed by atoms with Gasteiger partial charge in [0.25, 0.3) is 0 Å². The lowest BCUT2D eigenvalue weighted by atomic mass is 10.0. The van der Waals surface area contributed by atoms with E-state index in [1.54, 1.807) is 23.7 Å². The predicted molar refractivity (Wildman–Crippen MR) is 81.0 cm³/mol. The molecule has 1 unspecified atom stereocenters. The van der Waals surface area contributed by atoms with Crippen molar-refractivity contribution in [1.29, 1.82) is 0 Å². The summed E-state index contributed by atoms with van der Waals surface area (Å²) < 4.78 is 0. The molecule has 0 aliphatic carbocycles. The van der Waals surface area contributed by atoms with Crippen LogP contribution >= 0.6 is 22.9 Å². The van der Waals surface area contributed by atoms with E-state index in [1.807, 2.05) is 13.0 Å². The van der Waals surface area contributed by atoms with Crippen molar-refractivity contribution in [2.45, 2.75) is 32.7 Å². The van der Waals surface area contributed by atoms with Gasteiger partial charge in [-0.15, -0.1) is 11.3 Å². The monoisotopic (exact) mass is 295 g/mol. The molecule has 0 amide bonds. The summed E-state index contributed by atoms with van der Waals surface area (Å²) in [5.74, 6) is 0. The third-order valence-corrected chi connectivity index (χ3v) is 4.23. The third-order valence-electron chi connectivity index (χ3n) is 2.90. The van der Waals surface area contributed by atoms with Gasteiger partial charge in [0, 0.05) is 35.9 Å². The van der Waals surface area contributed by atoms with E-state index >= 15 is 0 Å². The van der Waals surface area contributed by atoms with E-state index in [0.29, 0.717) is 6.04 Å². The van der Waals surface area contributed by atoms with Gasteiger partial charge in [0.2, 0.25) is 0 Å². The molecule has 0 saturated carbocycles. The SMILES string of the molecule is CCNC(Cc1nc(C)cs1)Cc1ccncc1Cl. The first-order valence-corrected chi connectivity index (χ1v) is 7.67. The average molecular weight is 296 g/mol. The van der Waals surface area contributed by atoms with E-state index in [-0.39, 0.29) is 0 Å². The minimum absolute atomic E-state index is 0.357. The Hall–Kier alpha value is -0.970. The molecule has 0 aliphatic rings. The van der Waals surface area contributed by atoms with Crippen LogP contribution in [0.4, 0.5) is 0 Å². The maximum atomic E-state index is 6.17. The fraction of sp³-hybridized carbons (Fsp3) is 0.429. The standard InChI is InChI=1S/C14H18ClN3S/c1-3-17-12(7-14-18-10(2)9-19-14)6-11-4-5-16-8-13(11)15/h4-5,8-9,12,17H,3,6-7H2,1-2H3. The van der Waals surface area contributed by atoms with Crippen LogP contribution in [0.3, 0.4) is 0 Å². The van der Waals surface area contributed by atoms with E-state index < -0.39 is 0 Å². The summed E-state index contributed by atoms with van der Waals surface area (Å²) in [6.07, 6.45) is 5.32. The molecule has 1 N–H and O–H groups in total. The molecule has 2 heterocycles. The number of nitrogens with zero attached hydrogens (tertiary/aromatic N) is 2. The van der Waals surface area contributed by atoms with Gasteiger partial charge in [-0.1, -0.05) is 18.5 Å². The first-order valence-electron chi connectivity index (χ1n) is 6.41. The highest BCUT2D eigenvalue weighted by Gasteiger charge is 2.13. The molecule has 19 heavy (non-hydrogen) atoms. The van der Waals surface area contributed by atoms with Crippen molar-refractivity contribution in [2.24, 2.45) is 0 Å². The van der Waals surface area contributed by atoms with Gasteiger partial charge in [0.1, 0.15) is 0 Å². The van der Waals surface area contributed by atoms with Gasteiger partial charge in [-0.3, -0.25) is 4.98 Å². The molecule has 102 valence electrons. The maximum absolute atomic E-state index is 6.17. The van der Waals surface area contributed by atoms with Crippen LogP contribution in [0.25, 0.3) is 0 Å². The summed E-state index contributed by atoms with van der Waals surface area (Å²) in [5.41, 5.74) is 2.23. The van der Waals surface area contributed by atoms with Gasteiger partial charge in [-0.05, 0) is 31.5 Å². The van der Waals surface area contributed by atoms with Gasteiger partial charge >= 0.3 is 0 Å². The quantitative estimate of drug-likeness (QED) is 0.889. The number of rotatable bonds is 6. The number of thiazole rings is 1. The lowest BCUT2D eigenvalue weighted by Crippen LogP contribution is -2.33. The van der Waals surface area contributed by atoms with Crippen molar-refractivity contribution in [2.75, 3.05) is 6.54 Å². The third kappa shape index (κ3) is 4.27. The Morgan fingerprint density at radius 3 is 2.89 bits per heavy atom. The van der Waals surface area contributed by atoms with Crippen LogP contribution in [-0.4, -0.2) is 22.6 Å². The first-order chi connectivity index (χ1) is 9.19. The van der Waals surface area contributed by atoms with Gasteiger partial charge in [0.05, 0.1) is 10.0 Å². The average Bonchev–Trinajstić information content (AvgIpc) is 2.78. The zero-order valence-electron chi connectivity index (χ0n) is 11.2. The first kappa shape index (κ1) is 14.4. The van der Waals surface area contributed by atoms with Crippen molar-refractivity contribution in [3.05, 3.63) is 45.1 Å². The molecule has 0 aliphatic heterocycles. The van der Waals surface area contributed by atoms with Crippen molar-refractivity contribution in [3.63, 3.8) is 0 Å². The van der Waals surface area contributed by atoms with Crippen molar-refractivity contribution in [1.82, 2.24) is 15.3 Å². The molecule has 0 saturated heterocycles. The van der Waals surface area contributed by atoms with Crippen molar-refractivity contribution >= 4 is 22.9 Å². The van der Waals surface area contributed by atoms with Crippen LogP contribution in [0.5, 0.6) is 0 Å². The number of hydrogen-bond donors (Lipinski definition) is 1. The van der Waals surface area contributed by atoms with E-state index in [1.165, 1.54) is 5.01 Å². The fourth-order valence-corrected chi connectivity index (χ4v) is 3.10. The summed E-state index contributed by atoms with van der Waals surface area (Å²) in [4.78, 5) is 8.55. The molecule has 0 radical (unpaired) electrons. The Morgan fingerprint density at radius 1 is 1.42 bits per heavy atom. The molecule has 2 aromatic rings. The molecule has 5 heteroatoms. The highest BCUT2D eigenvalue weighted by atomic mass is 35.5. The Bertz CT molecular complexity index is 527. The second-order valence-electron chi connectivity index (χ2n) is 4.51. The smallest absolute Gasteiger partial charge is 0.0943 e. The Kier molecular flexibility index (Phi) is 5.31. The maximum Gasteiger partial charge on any atom is 0.0943 e. The summed E-state index contributed by atoms with van der Waals surface area (Å²) in [6.45, 7) is 5.09. The minimum atomic E-state index is 0.357. The fourth-order valence-electron chi connectivity index (χ4n) is 2.05. The van der Waals surface area contributed by atoms with Crippen LogP contribution in [-0.2, 0) is 12.8 Å². The normalized spacial score (nSPS) is 12.6. The van der Waals surface area contributed by atoms with Crippen LogP contribution in [0.2, 0.25) is 5.02 Å². The molecule has 0 fully saturated rings. The van der Waals surface area contributed by atoms with Gasteiger partial charge in [0.15, 0.2) is 0 Å². The van der Waals surface area contributed by atoms with Crippen LogP contribution in [0.1, 0.15) is 23.2 Å². The molecule has 0 aromatic carbocycles. The van der Waals surface area contributed by atoms with Crippen LogP contribution in [0, 0.1) is 6.92 Å². The Balaban J connectivity index is 2.06. The minimum Gasteiger partial charge on any atom is -0.314 e. The number of aromatic nitrogens is 2. The summed E-state index contributed by atoms with van der Waals surface area (Å²) in [7, 11) is 0. The number of hydrogen-bond acceptors (Lipinski definition) is 4. The number of nitrogens with one attached hydrogen (secondary N) is 1. The lowest BCUT2D eigenvalue weighted by molar-refractivity contribution is 0.520. The molecule has 0 spiro atoms. The second kappa shape index (κ2) is 6.98. The highest BCUT2D eigenvalue weighted by Crippen LogP contribution is 2.18. The van der Waals surface area contributed by atoms with E-state index in [0.717, 1.165) is 35.7 Å². The summed E-state index contributed by atoms with van der Waals surface area (Å²) in [6, 6.07) is 2.34. The van der Waals surface area contributed by atoms with Crippen molar-refractivity contribution in [3.8, 4) is 0 Å². The van der Waals surface area contributed by atoms with E-state index in [9.17, 15) is 0 Å². The zero-order valence-corrected chi connectivity index (χ0v) is 12.8. The van der Waals surface area contributed by atoms with Gasteiger partial charge < -0.3 is 5.32 Å². The highest BCUT2D eigenvalue weighted by molar-refractivity contribution is 7.09. The largest absolute Gasteiger partial charge is 0.314 e. The second-order valence-corrected chi connectivity index (χ2v) is 5.86. The molecule has 3 nitrogen and oxygen atoms in total. The molecule has 2 rings (SSSR count). The lowest BCUT2D eigenvalue weighted by Gasteiger charge is -2.17. The number of pyridine rings is 1. The Morgan fingerprint density at radius 2 is 2.26 bits per heavy atom.